The summed E-state index contributed by atoms with van der Waals surface area (Å²) in [7, 11) is 1.65. The van der Waals surface area contributed by atoms with Crippen molar-refractivity contribution in [3.8, 4) is 0 Å². The molecule has 0 aliphatic rings. The minimum absolute atomic E-state index is 0.00664. The lowest BCUT2D eigenvalue weighted by Gasteiger charge is -2.18. The van der Waals surface area contributed by atoms with Crippen LogP contribution in [0.5, 0.6) is 0 Å². The molecule has 0 atom stereocenters. The van der Waals surface area contributed by atoms with E-state index in [1.807, 2.05) is 37.3 Å². The molecule has 0 fully saturated rings. The second-order valence-corrected chi connectivity index (χ2v) is 9.10. The maximum Gasteiger partial charge on any atom is 0.416 e. The molecule has 0 saturated heterocycles. The van der Waals surface area contributed by atoms with E-state index in [-0.39, 0.29) is 24.3 Å². The van der Waals surface area contributed by atoms with Crippen LogP contribution in [0.2, 0.25) is 0 Å². The summed E-state index contributed by atoms with van der Waals surface area (Å²) in [6, 6.07) is 21.4. The normalized spacial score (nSPS) is 11.3. The Morgan fingerprint density at radius 1 is 0.842 bits per heavy atom. The van der Waals surface area contributed by atoms with Gasteiger partial charge in [0, 0.05) is 31.5 Å². The van der Waals surface area contributed by atoms with Crippen molar-refractivity contribution < 1.29 is 22.8 Å². The van der Waals surface area contributed by atoms with E-state index in [0.29, 0.717) is 17.8 Å². The number of halogens is 3. The first kappa shape index (κ1) is 26.7. The average Bonchev–Trinajstić information content (AvgIpc) is 2.90. The Morgan fingerprint density at radius 3 is 2.34 bits per heavy atom. The number of hydrogen-bond acceptors (Lipinski definition) is 4. The number of aromatic nitrogens is 2. The van der Waals surface area contributed by atoms with Crippen molar-refractivity contribution >= 4 is 17.5 Å². The number of anilines is 1. The van der Waals surface area contributed by atoms with Crippen LogP contribution in [0.3, 0.4) is 0 Å². The standard InChI is InChI=1S/C30H26F3N3O2/c1-20-11-12-22(15-27(37)23-9-6-10-25(16-23)30(31,32)33)13-24(20)17-29(38)36(2)28-18-26(34-19-35-28)14-21-7-4-3-5-8-21/h3-13,16,18-19H,14-15,17H2,1-2H3. The molecule has 194 valence electrons. The number of amides is 1. The number of ketones is 1. The predicted molar refractivity (Wildman–Crippen MR) is 139 cm³/mol. The van der Waals surface area contributed by atoms with Gasteiger partial charge in [0.25, 0.3) is 0 Å². The van der Waals surface area contributed by atoms with E-state index in [2.05, 4.69) is 9.97 Å². The molecule has 1 aromatic heterocycles. The SMILES string of the molecule is Cc1ccc(CC(=O)c2cccc(C(F)(F)F)c2)cc1CC(=O)N(C)c1cc(Cc2ccccc2)ncn1. The van der Waals surface area contributed by atoms with Gasteiger partial charge in [-0.1, -0.05) is 60.7 Å². The highest BCUT2D eigenvalue weighted by molar-refractivity contribution is 5.98. The summed E-state index contributed by atoms with van der Waals surface area (Å²) in [6.45, 7) is 1.86. The fraction of sp³-hybridized carbons (Fsp3) is 0.200. The van der Waals surface area contributed by atoms with Gasteiger partial charge in [0.05, 0.1) is 17.7 Å². The van der Waals surface area contributed by atoms with Gasteiger partial charge in [0.2, 0.25) is 5.91 Å². The third-order valence-electron chi connectivity index (χ3n) is 6.29. The number of hydrogen-bond donors (Lipinski definition) is 0. The Bertz CT molecular complexity index is 1450. The molecule has 4 aromatic rings. The largest absolute Gasteiger partial charge is 0.416 e. The van der Waals surface area contributed by atoms with E-state index in [4.69, 9.17) is 0 Å². The van der Waals surface area contributed by atoms with Crippen LogP contribution in [-0.2, 0) is 30.2 Å². The first-order valence-electron chi connectivity index (χ1n) is 12.0. The molecule has 0 radical (unpaired) electrons. The zero-order valence-electron chi connectivity index (χ0n) is 21.0. The summed E-state index contributed by atoms with van der Waals surface area (Å²) in [4.78, 5) is 35.9. The van der Waals surface area contributed by atoms with Crippen LogP contribution in [0, 0.1) is 6.92 Å². The van der Waals surface area contributed by atoms with Crippen LogP contribution in [0.25, 0.3) is 0 Å². The maximum atomic E-state index is 13.1. The summed E-state index contributed by atoms with van der Waals surface area (Å²) < 4.78 is 39.1. The van der Waals surface area contributed by atoms with Gasteiger partial charge in [-0.15, -0.1) is 0 Å². The summed E-state index contributed by atoms with van der Waals surface area (Å²) in [5, 5.41) is 0. The molecule has 0 saturated carbocycles. The van der Waals surface area contributed by atoms with E-state index in [9.17, 15) is 22.8 Å². The van der Waals surface area contributed by atoms with Crippen molar-refractivity contribution in [2.24, 2.45) is 0 Å². The molecular weight excluding hydrogens is 491 g/mol. The van der Waals surface area contributed by atoms with E-state index in [0.717, 1.165) is 34.5 Å². The third-order valence-corrected chi connectivity index (χ3v) is 6.29. The van der Waals surface area contributed by atoms with Crippen molar-refractivity contribution in [2.75, 3.05) is 11.9 Å². The summed E-state index contributed by atoms with van der Waals surface area (Å²) >= 11 is 0. The van der Waals surface area contributed by atoms with Gasteiger partial charge >= 0.3 is 6.18 Å². The molecule has 0 bridgehead atoms. The van der Waals surface area contributed by atoms with Crippen molar-refractivity contribution in [1.82, 2.24) is 9.97 Å². The van der Waals surface area contributed by atoms with Gasteiger partial charge in [-0.3, -0.25) is 14.5 Å². The molecule has 3 aromatic carbocycles. The predicted octanol–water partition coefficient (Wildman–Crippen LogP) is 6.03. The van der Waals surface area contributed by atoms with Crippen molar-refractivity contribution in [3.05, 3.63) is 124 Å². The Morgan fingerprint density at radius 2 is 1.61 bits per heavy atom. The zero-order valence-corrected chi connectivity index (χ0v) is 21.0. The number of likely N-dealkylation sites (N-methyl/N-ethyl adjacent to an activating group) is 1. The van der Waals surface area contributed by atoms with E-state index in [1.165, 1.54) is 23.4 Å². The smallest absolute Gasteiger partial charge is 0.300 e. The van der Waals surface area contributed by atoms with Crippen molar-refractivity contribution in [3.63, 3.8) is 0 Å². The number of rotatable bonds is 8. The number of Topliss-reactive ketones (excluding diaryl/α,β-unsaturated/α-hetero) is 1. The lowest BCUT2D eigenvalue weighted by molar-refractivity contribution is -0.137. The molecule has 0 N–H and O–H groups in total. The molecule has 38 heavy (non-hydrogen) atoms. The second-order valence-electron chi connectivity index (χ2n) is 9.10. The minimum Gasteiger partial charge on any atom is -0.300 e. The van der Waals surface area contributed by atoms with Crippen LogP contribution in [-0.4, -0.2) is 28.7 Å². The van der Waals surface area contributed by atoms with E-state index in [1.54, 1.807) is 31.3 Å². The number of carbonyl (C=O) groups excluding carboxylic acids is 2. The molecule has 8 heteroatoms. The number of aryl methyl sites for hydroxylation is 1. The van der Waals surface area contributed by atoms with Crippen LogP contribution < -0.4 is 4.90 Å². The molecule has 1 amide bonds. The number of alkyl halides is 3. The van der Waals surface area contributed by atoms with Crippen LogP contribution in [0.1, 0.15) is 43.9 Å². The molecule has 4 rings (SSSR count). The van der Waals surface area contributed by atoms with Gasteiger partial charge < -0.3 is 0 Å². The number of nitrogens with zero attached hydrogens (tertiary/aromatic N) is 3. The van der Waals surface area contributed by atoms with Gasteiger partial charge in [0.1, 0.15) is 12.1 Å². The molecule has 5 nitrogen and oxygen atoms in total. The first-order chi connectivity index (χ1) is 18.1. The highest BCUT2D eigenvalue weighted by Gasteiger charge is 2.30. The summed E-state index contributed by atoms with van der Waals surface area (Å²) in [6.07, 6.45) is -2.48. The van der Waals surface area contributed by atoms with Gasteiger partial charge in [-0.25, -0.2) is 9.97 Å². The zero-order chi connectivity index (χ0) is 27.3. The van der Waals surface area contributed by atoms with Gasteiger partial charge in [0.15, 0.2) is 5.78 Å². The topological polar surface area (TPSA) is 63.2 Å². The third kappa shape index (κ3) is 6.70. The van der Waals surface area contributed by atoms with E-state index < -0.39 is 17.5 Å². The molecule has 0 aliphatic heterocycles. The maximum absolute atomic E-state index is 13.1. The molecular formula is C30H26F3N3O2. The molecule has 0 unspecified atom stereocenters. The fourth-order valence-electron chi connectivity index (χ4n) is 4.06. The summed E-state index contributed by atoms with van der Waals surface area (Å²) in [5.41, 5.74) is 3.23. The van der Waals surface area contributed by atoms with E-state index >= 15 is 0 Å². The second kappa shape index (κ2) is 11.4. The average molecular weight is 518 g/mol. The quantitative estimate of drug-likeness (QED) is 0.268. The fourth-order valence-corrected chi connectivity index (χ4v) is 4.06. The lowest BCUT2D eigenvalue weighted by Crippen LogP contribution is -2.29. The minimum atomic E-state index is -4.52. The first-order valence-corrected chi connectivity index (χ1v) is 12.0. The van der Waals surface area contributed by atoms with Crippen molar-refractivity contribution in [1.29, 1.82) is 0 Å². The Kier molecular flexibility index (Phi) is 8.00. The highest BCUT2D eigenvalue weighted by Crippen LogP contribution is 2.30. The molecule has 0 spiro atoms. The highest BCUT2D eigenvalue weighted by atomic mass is 19.4. The Labute approximate surface area is 219 Å². The lowest BCUT2D eigenvalue weighted by atomic mass is 9.96. The van der Waals surface area contributed by atoms with Gasteiger partial charge in [-0.2, -0.15) is 13.2 Å². The Hall–Kier alpha value is -4.33. The van der Waals surface area contributed by atoms with Crippen LogP contribution in [0.4, 0.5) is 19.0 Å². The monoisotopic (exact) mass is 517 g/mol. The number of benzene rings is 3. The van der Waals surface area contributed by atoms with Crippen molar-refractivity contribution in [2.45, 2.75) is 32.4 Å². The Balaban J connectivity index is 1.46. The van der Waals surface area contributed by atoms with Crippen LogP contribution >= 0.6 is 0 Å². The summed E-state index contributed by atoms with van der Waals surface area (Å²) in [5.74, 6) is -0.149. The van der Waals surface area contributed by atoms with Gasteiger partial charge in [-0.05, 0) is 41.3 Å². The molecule has 1 heterocycles. The molecule has 0 aliphatic carbocycles. The number of carbonyl (C=O) groups is 2. The van der Waals surface area contributed by atoms with Crippen LogP contribution in [0.15, 0.2) is 85.2 Å².